The summed E-state index contributed by atoms with van der Waals surface area (Å²) >= 11 is 0. The van der Waals surface area contributed by atoms with Gasteiger partial charge in [-0.1, -0.05) is 0 Å². The van der Waals surface area contributed by atoms with Crippen LogP contribution >= 0.6 is 0 Å². The Kier molecular flexibility index (Phi) is 4.67. The van der Waals surface area contributed by atoms with Gasteiger partial charge >= 0.3 is 0 Å². The van der Waals surface area contributed by atoms with Crippen molar-refractivity contribution in [3.63, 3.8) is 0 Å². The summed E-state index contributed by atoms with van der Waals surface area (Å²) in [6, 6.07) is 4.29. The van der Waals surface area contributed by atoms with E-state index in [9.17, 15) is 4.79 Å². The van der Waals surface area contributed by atoms with Gasteiger partial charge in [-0.3, -0.25) is 14.6 Å². The molecule has 0 spiro atoms. The molecule has 0 aliphatic carbocycles. The van der Waals surface area contributed by atoms with Crippen LogP contribution in [0.5, 0.6) is 0 Å². The number of piperidine rings is 1. The summed E-state index contributed by atoms with van der Waals surface area (Å²) in [5, 5.41) is 3.46. The molecule has 6 nitrogen and oxygen atoms in total. The van der Waals surface area contributed by atoms with Crippen molar-refractivity contribution < 1.29 is 4.79 Å². The SMILES string of the molecule is O=C(c1cccnc1NCC1CN2CCN1CC2)N1CCCCC1. The number of hydrogen-bond acceptors (Lipinski definition) is 5. The molecule has 0 aromatic carbocycles. The van der Waals surface area contributed by atoms with Gasteiger partial charge in [-0.05, 0) is 31.4 Å². The molecule has 0 saturated carbocycles. The van der Waals surface area contributed by atoms with Gasteiger partial charge in [0.25, 0.3) is 5.91 Å². The summed E-state index contributed by atoms with van der Waals surface area (Å²) in [5.41, 5.74) is 0.718. The van der Waals surface area contributed by atoms with Gasteiger partial charge < -0.3 is 10.2 Å². The van der Waals surface area contributed by atoms with Crippen molar-refractivity contribution in [2.45, 2.75) is 25.3 Å². The fraction of sp³-hybridized carbons (Fsp3) is 0.667. The van der Waals surface area contributed by atoms with E-state index in [0.717, 1.165) is 63.5 Å². The topological polar surface area (TPSA) is 51.7 Å². The zero-order valence-corrected chi connectivity index (χ0v) is 14.3. The predicted octanol–water partition coefficient (Wildman–Crippen LogP) is 1.12. The molecular weight excluding hydrogens is 302 g/mol. The summed E-state index contributed by atoms with van der Waals surface area (Å²) in [5.74, 6) is 0.866. The first-order valence-corrected chi connectivity index (χ1v) is 9.26. The van der Waals surface area contributed by atoms with Gasteiger partial charge in [-0.25, -0.2) is 4.98 Å². The number of rotatable bonds is 4. The van der Waals surface area contributed by atoms with Gasteiger partial charge in [-0.15, -0.1) is 0 Å². The summed E-state index contributed by atoms with van der Waals surface area (Å²) in [6.45, 7) is 8.43. The molecule has 5 rings (SSSR count). The Morgan fingerprint density at radius 3 is 2.62 bits per heavy atom. The molecule has 2 bridgehead atoms. The van der Waals surface area contributed by atoms with E-state index in [1.807, 2.05) is 17.0 Å². The number of fused-ring (bicyclic) bond motifs is 3. The standard InChI is InChI=1S/C18H27N5O/c24-18(23-7-2-1-3-8-23)16-5-4-6-19-17(16)20-13-15-14-21-9-11-22(15)12-10-21/h4-6,15H,1-3,7-14H2,(H,19,20). The Bertz CT molecular complexity index is 579. The lowest BCUT2D eigenvalue weighted by atomic mass is 10.1. The summed E-state index contributed by atoms with van der Waals surface area (Å²) in [6.07, 6.45) is 5.23. The van der Waals surface area contributed by atoms with E-state index in [1.54, 1.807) is 6.20 Å². The lowest BCUT2D eigenvalue weighted by Gasteiger charge is -2.47. The average Bonchev–Trinajstić information content (AvgIpc) is 2.68. The van der Waals surface area contributed by atoms with Crippen molar-refractivity contribution >= 4 is 11.7 Å². The normalized spacial score (nSPS) is 29.5. The Morgan fingerprint density at radius 1 is 1.12 bits per heavy atom. The highest BCUT2D eigenvalue weighted by Gasteiger charge is 2.31. The van der Waals surface area contributed by atoms with E-state index in [1.165, 1.54) is 19.5 Å². The van der Waals surface area contributed by atoms with Gasteiger partial charge in [0, 0.05) is 64.6 Å². The first-order chi connectivity index (χ1) is 11.8. The van der Waals surface area contributed by atoms with Crippen molar-refractivity contribution in [1.29, 1.82) is 0 Å². The third kappa shape index (κ3) is 3.26. The molecule has 130 valence electrons. The third-order valence-corrected chi connectivity index (χ3v) is 5.58. The van der Waals surface area contributed by atoms with Gasteiger partial charge in [-0.2, -0.15) is 0 Å². The number of nitrogens with zero attached hydrogens (tertiary/aromatic N) is 4. The molecule has 6 heteroatoms. The van der Waals surface area contributed by atoms with Gasteiger partial charge in [0.05, 0.1) is 5.56 Å². The minimum Gasteiger partial charge on any atom is -0.368 e. The van der Waals surface area contributed by atoms with E-state index in [-0.39, 0.29) is 5.91 Å². The maximum absolute atomic E-state index is 12.8. The number of pyridine rings is 1. The minimum absolute atomic E-state index is 0.125. The van der Waals surface area contributed by atoms with Crippen molar-refractivity contribution in [2.24, 2.45) is 0 Å². The first kappa shape index (κ1) is 15.8. The molecule has 4 aliphatic rings. The number of piperazine rings is 3. The number of carbonyl (C=O) groups excluding carboxylic acids is 1. The molecule has 24 heavy (non-hydrogen) atoms. The van der Waals surface area contributed by atoms with E-state index in [2.05, 4.69) is 20.1 Å². The average molecular weight is 329 g/mol. The number of aromatic nitrogens is 1. The quantitative estimate of drug-likeness (QED) is 0.897. The molecule has 1 N–H and O–H groups in total. The van der Waals surface area contributed by atoms with Crippen LogP contribution in [0, 0.1) is 0 Å². The zero-order chi connectivity index (χ0) is 16.4. The Balaban J connectivity index is 1.42. The molecule has 5 heterocycles. The number of carbonyl (C=O) groups is 1. The van der Waals surface area contributed by atoms with Crippen molar-refractivity contribution in [3.05, 3.63) is 23.9 Å². The van der Waals surface area contributed by atoms with Crippen LogP contribution in [0.15, 0.2) is 18.3 Å². The zero-order valence-electron chi connectivity index (χ0n) is 14.3. The van der Waals surface area contributed by atoms with Gasteiger partial charge in [0.2, 0.25) is 0 Å². The molecule has 4 saturated heterocycles. The second-order valence-corrected chi connectivity index (χ2v) is 7.12. The molecule has 1 atom stereocenters. The first-order valence-electron chi connectivity index (χ1n) is 9.26. The maximum Gasteiger partial charge on any atom is 0.257 e. The molecule has 0 radical (unpaired) electrons. The molecule has 1 amide bonds. The van der Waals surface area contributed by atoms with E-state index >= 15 is 0 Å². The fourth-order valence-corrected chi connectivity index (χ4v) is 4.12. The van der Waals surface area contributed by atoms with Crippen LogP contribution in [-0.4, -0.2) is 84.0 Å². The molecule has 1 aromatic rings. The number of likely N-dealkylation sites (tertiary alicyclic amines) is 1. The number of anilines is 1. The molecule has 4 fully saturated rings. The predicted molar refractivity (Wildman–Crippen MR) is 94.3 cm³/mol. The number of amides is 1. The van der Waals surface area contributed by atoms with E-state index < -0.39 is 0 Å². The Labute approximate surface area is 143 Å². The largest absolute Gasteiger partial charge is 0.368 e. The lowest BCUT2D eigenvalue weighted by molar-refractivity contribution is 0.0189. The maximum atomic E-state index is 12.8. The fourth-order valence-electron chi connectivity index (χ4n) is 4.12. The van der Waals surface area contributed by atoms with Crippen LogP contribution < -0.4 is 5.32 Å². The van der Waals surface area contributed by atoms with Crippen LogP contribution in [0.25, 0.3) is 0 Å². The highest BCUT2D eigenvalue weighted by Crippen LogP contribution is 2.20. The molecular formula is C18H27N5O. The van der Waals surface area contributed by atoms with Gasteiger partial charge in [0.15, 0.2) is 0 Å². The molecule has 1 aromatic heterocycles. The second-order valence-electron chi connectivity index (χ2n) is 7.12. The van der Waals surface area contributed by atoms with Crippen molar-refractivity contribution in [3.8, 4) is 0 Å². The lowest BCUT2D eigenvalue weighted by Crippen LogP contribution is -2.62. The van der Waals surface area contributed by atoms with Crippen molar-refractivity contribution in [1.82, 2.24) is 19.7 Å². The monoisotopic (exact) mass is 329 g/mol. The smallest absolute Gasteiger partial charge is 0.257 e. The van der Waals surface area contributed by atoms with E-state index in [4.69, 9.17) is 0 Å². The summed E-state index contributed by atoms with van der Waals surface area (Å²) in [4.78, 5) is 24.3. The highest BCUT2D eigenvalue weighted by molar-refractivity contribution is 5.98. The van der Waals surface area contributed by atoms with Crippen LogP contribution in [0.1, 0.15) is 29.6 Å². The Hall–Kier alpha value is -1.66. The van der Waals surface area contributed by atoms with Gasteiger partial charge in [0.1, 0.15) is 5.82 Å². The molecule has 1 unspecified atom stereocenters. The van der Waals surface area contributed by atoms with Crippen molar-refractivity contribution in [2.75, 3.05) is 57.7 Å². The van der Waals surface area contributed by atoms with Crippen LogP contribution in [0.3, 0.4) is 0 Å². The van der Waals surface area contributed by atoms with Crippen LogP contribution in [0.2, 0.25) is 0 Å². The van der Waals surface area contributed by atoms with E-state index in [0.29, 0.717) is 6.04 Å². The minimum atomic E-state index is 0.125. The Morgan fingerprint density at radius 2 is 1.92 bits per heavy atom. The summed E-state index contributed by atoms with van der Waals surface area (Å²) < 4.78 is 0. The number of nitrogens with one attached hydrogen (secondary N) is 1. The van der Waals surface area contributed by atoms with Crippen LogP contribution in [-0.2, 0) is 0 Å². The third-order valence-electron chi connectivity index (χ3n) is 5.58. The highest BCUT2D eigenvalue weighted by atomic mass is 16.2. The second kappa shape index (κ2) is 7.07. The van der Waals surface area contributed by atoms with Crippen LogP contribution in [0.4, 0.5) is 5.82 Å². The summed E-state index contributed by atoms with van der Waals surface area (Å²) in [7, 11) is 0. The number of hydrogen-bond donors (Lipinski definition) is 1. The molecule has 4 aliphatic heterocycles.